The van der Waals surface area contributed by atoms with Crippen molar-refractivity contribution in [3.05, 3.63) is 99.6 Å². The van der Waals surface area contributed by atoms with Gasteiger partial charge in [0.25, 0.3) is 5.91 Å². The van der Waals surface area contributed by atoms with E-state index in [9.17, 15) is 14.0 Å². The van der Waals surface area contributed by atoms with Gasteiger partial charge < -0.3 is 15.0 Å². The van der Waals surface area contributed by atoms with Gasteiger partial charge in [-0.2, -0.15) is 5.10 Å². The molecule has 2 amide bonds. The fraction of sp³-hybridized carbons (Fsp3) is 0.333. The number of nitrogens with zero attached hydrogens (tertiary/aromatic N) is 5. The van der Waals surface area contributed by atoms with E-state index in [1.807, 2.05) is 0 Å². The van der Waals surface area contributed by atoms with Gasteiger partial charge in [-0.3, -0.25) is 19.2 Å². The number of carbonyl (C=O) groups excluding carboxylic acids is 2. The molecular weight excluding hydrogens is 640 g/mol. The fourth-order valence-electron chi connectivity index (χ4n) is 6.39. The number of benzene rings is 2. The van der Waals surface area contributed by atoms with Crippen LogP contribution in [0.15, 0.2) is 54.9 Å². The van der Waals surface area contributed by atoms with E-state index < -0.39 is 40.9 Å². The molecule has 47 heavy (non-hydrogen) atoms. The number of fused-ring (bicyclic) bond motifs is 1. The van der Waals surface area contributed by atoms with E-state index >= 15 is 13.2 Å². The summed E-state index contributed by atoms with van der Waals surface area (Å²) in [5.41, 5.74) is -1.12. The van der Waals surface area contributed by atoms with Crippen LogP contribution < -0.4 is 15.0 Å². The monoisotopic (exact) mass is 668 g/mol. The summed E-state index contributed by atoms with van der Waals surface area (Å²) >= 11 is 6.16. The number of likely N-dealkylation sites (tertiary alicyclic amines) is 1. The molecule has 0 unspecified atom stereocenters. The van der Waals surface area contributed by atoms with Crippen molar-refractivity contribution in [3.8, 4) is 5.75 Å². The molecule has 4 aromatic rings. The highest BCUT2D eigenvalue weighted by atomic mass is 35.5. The second-order valence-electron chi connectivity index (χ2n) is 12.3. The van der Waals surface area contributed by atoms with Crippen LogP contribution in [0.5, 0.6) is 5.75 Å². The summed E-state index contributed by atoms with van der Waals surface area (Å²) in [6.07, 6.45) is 1.41. The topological polar surface area (TPSA) is 92.6 Å². The maximum atomic E-state index is 16.5. The van der Waals surface area contributed by atoms with Crippen LogP contribution in [0.1, 0.15) is 40.4 Å². The summed E-state index contributed by atoms with van der Waals surface area (Å²) in [7, 11) is 1.55. The normalized spacial score (nSPS) is 22.1. The lowest BCUT2D eigenvalue weighted by atomic mass is 9.71. The molecule has 1 aliphatic carbocycles. The number of halogens is 5. The molecule has 3 atom stereocenters. The first-order valence-electron chi connectivity index (χ1n) is 15.0. The van der Waals surface area contributed by atoms with Crippen molar-refractivity contribution in [2.24, 2.45) is 5.92 Å². The average molecular weight is 669 g/mol. The zero-order valence-electron chi connectivity index (χ0n) is 25.3. The predicted molar refractivity (Wildman–Crippen MR) is 165 cm³/mol. The van der Waals surface area contributed by atoms with Crippen molar-refractivity contribution in [2.75, 3.05) is 37.0 Å². The molecule has 1 saturated heterocycles. The van der Waals surface area contributed by atoms with Crippen LogP contribution in [0.3, 0.4) is 0 Å². The minimum Gasteiger partial charge on any atom is -0.497 e. The van der Waals surface area contributed by atoms with Gasteiger partial charge >= 0.3 is 0 Å². The Morgan fingerprint density at radius 3 is 2.53 bits per heavy atom. The maximum Gasteiger partial charge on any atom is 0.261 e. The number of hydrogen-bond donors (Lipinski definition) is 1. The number of pyridine rings is 1. The van der Waals surface area contributed by atoms with E-state index in [4.69, 9.17) is 16.3 Å². The number of carbonyl (C=O) groups is 2. The second kappa shape index (κ2) is 11.5. The van der Waals surface area contributed by atoms with Gasteiger partial charge in [-0.15, -0.1) is 0 Å². The maximum absolute atomic E-state index is 16.5. The third-order valence-electron chi connectivity index (χ3n) is 9.09. The Balaban J connectivity index is 1.23. The third kappa shape index (κ3) is 5.35. The van der Waals surface area contributed by atoms with Crippen LogP contribution >= 0.6 is 11.6 Å². The smallest absolute Gasteiger partial charge is 0.261 e. The molecular formula is C33H29ClF4N6O3. The molecule has 0 bridgehead atoms. The van der Waals surface area contributed by atoms with Crippen molar-refractivity contribution >= 4 is 35.1 Å². The molecule has 2 fully saturated rings. The molecule has 14 heteroatoms. The Labute approximate surface area is 272 Å². The lowest BCUT2D eigenvalue weighted by Crippen LogP contribution is -2.58. The minimum absolute atomic E-state index is 0.0106. The van der Waals surface area contributed by atoms with Crippen molar-refractivity contribution in [3.63, 3.8) is 0 Å². The number of anilines is 2. The molecule has 7 rings (SSSR count). The van der Waals surface area contributed by atoms with E-state index in [-0.39, 0.29) is 77.9 Å². The molecule has 4 heterocycles. The molecule has 1 N–H and O–H groups in total. The highest BCUT2D eigenvalue weighted by Crippen LogP contribution is 2.45. The van der Waals surface area contributed by atoms with Gasteiger partial charge in [-0.1, -0.05) is 35.9 Å². The van der Waals surface area contributed by atoms with Crippen LogP contribution in [-0.2, 0) is 16.8 Å². The summed E-state index contributed by atoms with van der Waals surface area (Å²) in [5, 5.41) is 7.11. The van der Waals surface area contributed by atoms with Crippen molar-refractivity contribution in [1.29, 1.82) is 0 Å². The second-order valence-corrected chi connectivity index (χ2v) is 12.7. The Kier molecular flexibility index (Phi) is 7.61. The van der Waals surface area contributed by atoms with Crippen LogP contribution in [0.2, 0.25) is 5.02 Å². The van der Waals surface area contributed by atoms with E-state index in [0.29, 0.717) is 5.75 Å². The largest absolute Gasteiger partial charge is 0.497 e. The standard InChI is InChI=1S/C33H29ClF4N6O3/c1-33(22-4-3-5-23(34)27(22)37)16-44(30-25(36)15-43(41-30)12-17-6-8-19(47-2)9-7-17)32(46)21-11-39-29(28(38)26(21)33)40-18-13-42(14-18)31(45)20-10-24(20)35/h3-9,11,15,18,20,24H,10,12-14,16H2,1-2H3,(H,39,40)/t20-,24+,33-/m1/s1. The van der Waals surface area contributed by atoms with E-state index in [1.54, 1.807) is 38.3 Å². The Bertz CT molecular complexity index is 1900. The number of methoxy groups -OCH3 is 1. The first-order valence-corrected chi connectivity index (χ1v) is 15.4. The summed E-state index contributed by atoms with van der Waals surface area (Å²) < 4.78 is 67.6. The first-order chi connectivity index (χ1) is 22.5. The summed E-state index contributed by atoms with van der Waals surface area (Å²) in [4.78, 5) is 33.0. The number of amides is 2. The number of ether oxygens (including phenoxy) is 1. The minimum atomic E-state index is -1.57. The highest BCUT2D eigenvalue weighted by Gasteiger charge is 2.49. The van der Waals surface area contributed by atoms with Gasteiger partial charge in [0.05, 0.1) is 42.4 Å². The summed E-state index contributed by atoms with van der Waals surface area (Å²) in [6, 6.07) is 11.0. The quantitative estimate of drug-likeness (QED) is 0.255. The Hall–Kier alpha value is -4.65. The zero-order chi connectivity index (χ0) is 33.2. The average Bonchev–Trinajstić information content (AvgIpc) is 3.66. The molecule has 0 spiro atoms. The number of hydrogen-bond acceptors (Lipinski definition) is 6. The third-order valence-corrected chi connectivity index (χ3v) is 9.38. The molecule has 3 aliphatic rings. The molecule has 2 aromatic heterocycles. The molecule has 244 valence electrons. The summed E-state index contributed by atoms with van der Waals surface area (Å²) in [5.74, 6) is -4.01. The number of aromatic nitrogens is 3. The van der Waals surface area contributed by atoms with Gasteiger partial charge in [0.2, 0.25) is 5.91 Å². The lowest BCUT2D eigenvalue weighted by molar-refractivity contribution is -0.136. The molecule has 2 aromatic carbocycles. The van der Waals surface area contributed by atoms with E-state index in [2.05, 4.69) is 15.4 Å². The number of alkyl halides is 1. The van der Waals surface area contributed by atoms with Crippen molar-refractivity contribution in [1.82, 2.24) is 19.7 Å². The first kappa shape index (κ1) is 31.0. The zero-order valence-corrected chi connectivity index (χ0v) is 26.1. The fourth-order valence-corrected chi connectivity index (χ4v) is 6.56. The van der Waals surface area contributed by atoms with Gasteiger partial charge in [-0.05, 0) is 37.1 Å². The highest BCUT2D eigenvalue weighted by molar-refractivity contribution is 6.30. The van der Waals surface area contributed by atoms with Gasteiger partial charge in [0.1, 0.15) is 17.7 Å². The predicted octanol–water partition coefficient (Wildman–Crippen LogP) is 5.35. The van der Waals surface area contributed by atoms with Crippen LogP contribution in [0, 0.1) is 23.4 Å². The van der Waals surface area contributed by atoms with Crippen molar-refractivity contribution < 1.29 is 31.9 Å². The number of rotatable bonds is 8. The molecule has 0 radical (unpaired) electrons. The molecule has 2 aliphatic heterocycles. The van der Waals surface area contributed by atoms with E-state index in [1.165, 1.54) is 34.0 Å². The van der Waals surface area contributed by atoms with Crippen LogP contribution in [0.4, 0.5) is 29.2 Å². The van der Waals surface area contributed by atoms with Gasteiger partial charge in [0, 0.05) is 42.4 Å². The lowest BCUT2D eigenvalue weighted by Gasteiger charge is -2.42. The summed E-state index contributed by atoms with van der Waals surface area (Å²) in [6.45, 7) is 1.82. The van der Waals surface area contributed by atoms with Crippen molar-refractivity contribution in [2.45, 2.75) is 37.5 Å². The Morgan fingerprint density at radius 2 is 1.85 bits per heavy atom. The van der Waals surface area contributed by atoms with E-state index in [0.717, 1.165) is 16.7 Å². The van der Waals surface area contributed by atoms with Crippen LogP contribution in [-0.4, -0.2) is 70.4 Å². The van der Waals surface area contributed by atoms with Crippen LogP contribution in [0.25, 0.3) is 0 Å². The molecule has 9 nitrogen and oxygen atoms in total. The molecule has 1 saturated carbocycles. The number of nitrogens with one attached hydrogen (secondary N) is 1. The SMILES string of the molecule is COc1ccc(Cn2cc(F)c(N3C[C@](C)(c4cccc(Cl)c4F)c4c(cnc(NC5CN(C(=O)[C@@H]6C[C@@H]6F)C5)c4F)C3=O)n2)cc1. The van der Waals surface area contributed by atoms with Gasteiger partial charge in [-0.25, -0.2) is 22.5 Å². The Morgan fingerprint density at radius 1 is 1.13 bits per heavy atom. The van der Waals surface area contributed by atoms with Gasteiger partial charge in [0.15, 0.2) is 23.3 Å².